The molecule has 0 aliphatic carbocycles. The molecule has 4 nitrogen and oxygen atoms in total. The van der Waals surface area contributed by atoms with E-state index in [-0.39, 0.29) is 26.7 Å². The Bertz CT molecular complexity index is 550. The average molecular weight is 343 g/mol. The van der Waals surface area contributed by atoms with E-state index in [1.165, 1.54) is 12.1 Å². The van der Waals surface area contributed by atoms with E-state index >= 15 is 0 Å². The van der Waals surface area contributed by atoms with Gasteiger partial charge in [-0.2, -0.15) is 11.8 Å². The second kappa shape index (κ2) is 7.04. The molecule has 0 amide bonds. The zero-order valence-electron chi connectivity index (χ0n) is 10.6. The van der Waals surface area contributed by atoms with Crippen molar-refractivity contribution < 1.29 is 8.42 Å². The number of anilines is 1. The van der Waals surface area contributed by atoms with Crippen molar-refractivity contribution in [2.45, 2.75) is 24.3 Å². The molecule has 0 aliphatic heterocycles. The predicted octanol–water partition coefficient (Wildman–Crippen LogP) is 3.00. The lowest BCUT2D eigenvalue weighted by atomic mass is 10.3. The van der Waals surface area contributed by atoms with Crippen molar-refractivity contribution in [1.29, 1.82) is 0 Å². The molecule has 0 aromatic heterocycles. The van der Waals surface area contributed by atoms with Gasteiger partial charge in [0.25, 0.3) is 0 Å². The number of rotatable bonds is 6. The van der Waals surface area contributed by atoms with Crippen molar-refractivity contribution in [1.82, 2.24) is 4.72 Å². The number of hydrogen-bond donors (Lipinski definition) is 2. The topological polar surface area (TPSA) is 72.2 Å². The van der Waals surface area contributed by atoms with Crippen LogP contribution in [0.5, 0.6) is 0 Å². The lowest BCUT2D eigenvalue weighted by Gasteiger charge is -2.17. The van der Waals surface area contributed by atoms with Crippen LogP contribution in [0.15, 0.2) is 17.0 Å². The molecule has 8 heteroatoms. The van der Waals surface area contributed by atoms with Gasteiger partial charge in [0.05, 0.1) is 15.7 Å². The second-order valence-electron chi connectivity index (χ2n) is 3.95. The fourth-order valence-corrected chi connectivity index (χ4v) is 4.39. The van der Waals surface area contributed by atoms with Crippen LogP contribution >= 0.6 is 35.0 Å². The highest BCUT2D eigenvalue weighted by Gasteiger charge is 2.23. The first-order chi connectivity index (χ1) is 8.83. The Morgan fingerprint density at radius 2 is 2.05 bits per heavy atom. The summed E-state index contributed by atoms with van der Waals surface area (Å²) in [6.07, 6.45) is 2.62. The maximum Gasteiger partial charge on any atom is 0.242 e. The minimum Gasteiger partial charge on any atom is -0.396 e. The third kappa shape index (κ3) is 4.16. The molecule has 1 atom stereocenters. The zero-order chi connectivity index (χ0) is 14.6. The van der Waals surface area contributed by atoms with E-state index in [9.17, 15) is 8.42 Å². The molecule has 0 fully saturated rings. The van der Waals surface area contributed by atoms with E-state index in [0.29, 0.717) is 12.2 Å². The normalized spacial score (nSPS) is 13.5. The molecular weight excluding hydrogens is 327 g/mol. The summed E-state index contributed by atoms with van der Waals surface area (Å²) in [5.41, 5.74) is 5.71. The highest BCUT2D eigenvalue weighted by Crippen LogP contribution is 2.33. The van der Waals surface area contributed by atoms with Gasteiger partial charge in [0.2, 0.25) is 10.0 Å². The molecule has 1 aromatic carbocycles. The van der Waals surface area contributed by atoms with Gasteiger partial charge in [0.15, 0.2) is 0 Å². The first kappa shape index (κ1) is 16.9. The number of nitrogen functional groups attached to an aromatic ring is 1. The standard InChI is InChI=1S/C11H16Cl2N2O2S2/c1-3-7(6-18-2)15-19(16,17)9-5-4-8(12)11(14)10(9)13/h4-5,7,15H,3,6,14H2,1-2H3. The van der Waals surface area contributed by atoms with Crippen molar-refractivity contribution in [3.8, 4) is 0 Å². The molecule has 3 N–H and O–H groups in total. The minimum atomic E-state index is -3.70. The maximum absolute atomic E-state index is 12.3. The van der Waals surface area contributed by atoms with Crippen LogP contribution in [0.25, 0.3) is 0 Å². The highest BCUT2D eigenvalue weighted by molar-refractivity contribution is 7.98. The van der Waals surface area contributed by atoms with E-state index in [1.807, 2.05) is 13.2 Å². The summed E-state index contributed by atoms with van der Waals surface area (Å²) in [7, 11) is -3.70. The number of thioether (sulfide) groups is 1. The van der Waals surface area contributed by atoms with Crippen molar-refractivity contribution in [2.75, 3.05) is 17.7 Å². The fraction of sp³-hybridized carbons (Fsp3) is 0.455. The average Bonchev–Trinajstić information content (AvgIpc) is 2.34. The number of hydrogen-bond acceptors (Lipinski definition) is 4. The first-order valence-electron chi connectivity index (χ1n) is 5.58. The van der Waals surface area contributed by atoms with Crippen molar-refractivity contribution in [3.63, 3.8) is 0 Å². The molecule has 0 bridgehead atoms. The number of nitrogens with two attached hydrogens (primary N) is 1. The third-order valence-electron chi connectivity index (χ3n) is 2.56. The summed E-state index contributed by atoms with van der Waals surface area (Å²) < 4.78 is 27.1. The molecule has 0 saturated heterocycles. The molecule has 1 rings (SSSR count). The summed E-state index contributed by atoms with van der Waals surface area (Å²) in [4.78, 5) is -0.0457. The Kier molecular flexibility index (Phi) is 6.26. The SMILES string of the molecule is CCC(CSC)NS(=O)(=O)c1ccc(Cl)c(N)c1Cl. The van der Waals surface area contributed by atoms with Crippen LogP contribution in [0, 0.1) is 0 Å². The summed E-state index contributed by atoms with van der Waals surface area (Å²) >= 11 is 13.3. The van der Waals surface area contributed by atoms with Crippen LogP contribution in [0.2, 0.25) is 10.0 Å². The van der Waals surface area contributed by atoms with E-state index in [0.717, 1.165) is 0 Å². The van der Waals surface area contributed by atoms with Crippen LogP contribution in [0.3, 0.4) is 0 Å². The van der Waals surface area contributed by atoms with Crippen molar-refractivity contribution in [2.24, 2.45) is 0 Å². The molecule has 1 aromatic rings. The van der Waals surface area contributed by atoms with Gasteiger partial charge in [-0.3, -0.25) is 0 Å². The van der Waals surface area contributed by atoms with Gasteiger partial charge >= 0.3 is 0 Å². The number of sulfonamides is 1. The molecular formula is C11H16Cl2N2O2S2. The summed E-state index contributed by atoms with van der Waals surface area (Å²) in [6.45, 7) is 1.92. The van der Waals surface area contributed by atoms with Crippen LogP contribution in [0.1, 0.15) is 13.3 Å². The van der Waals surface area contributed by atoms with Gasteiger partial charge in [-0.25, -0.2) is 13.1 Å². The summed E-state index contributed by atoms with van der Waals surface area (Å²) in [5.74, 6) is 0.691. The van der Waals surface area contributed by atoms with Gasteiger partial charge in [-0.05, 0) is 24.8 Å². The predicted molar refractivity (Wildman–Crippen MR) is 83.7 cm³/mol. The summed E-state index contributed by atoms with van der Waals surface area (Å²) in [5, 5.41) is 0.194. The van der Waals surface area contributed by atoms with E-state index in [4.69, 9.17) is 28.9 Å². The van der Waals surface area contributed by atoms with Crippen molar-refractivity contribution in [3.05, 3.63) is 22.2 Å². The van der Waals surface area contributed by atoms with Crippen LogP contribution in [0.4, 0.5) is 5.69 Å². The van der Waals surface area contributed by atoms with Crippen molar-refractivity contribution >= 4 is 50.7 Å². The lowest BCUT2D eigenvalue weighted by Crippen LogP contribution is -2.36. The van der Waals surface area contributed by atoms with E-state index < -0.39 is 10.0 Å². The Labute approximate surface area is 128 Å². The van der Waals surface area contributed by atoms with Gasteiger partial charge in [0, 0.05) is 11.8 Å². The van der Waals surface area contributed by atoms with Gasteiger partial charge < -0.3 is 5.73 Å². The fourth-order valence-electron chi connectivity index (χ4n) is 1.48. The van der Waals surface area contributed by atoms with Crippen LogP contribution < -0.4 is 10.5 Å². The lowest BCUT2D eigenvalue weighted by molar-refractivity contribution is 0.558. The van der Waals surface area contributed by atoms with E-state index in [2.05, 4.69) is 4.72 Å². The minimum absolute atomic E-state index is 0.0426. The van der Waals surface area contributed by atoms with Gasteiger partial charge in [-0.15, -0.1) is 0 Å². The molecule has 0 heterocycles. The van der Waals surface area contributed by atoms with E-state index in [1.54, 1.807) is 11.8 Å². The summed E-state index contributed by atoms with van der Waals surface area (Å²) in [6, 6.07) is 2.63. The molecule has 0 aliphatic rings. The molecule has 19 heavy (non-hydrogen) atoms. The molecule has 1 unspecified atom stereocenters. The van der Waals surface area contributed by atoms with Crippen LogP contribution in [-0.4, -0.2) is 26.5 Å². The Balaban J connectivity index is 3.10. The molecule has 108 valence electrons. The Morgan fingerprint density at radius 1 is 1.42 bits per heavy atom. The van der Waals surface area contributed by atoms with Crippen LogP contribution in [-0.2, 0) is 10.0 Å². The Hall–Kier alpha value is -0.140. The maximum atomic E-state index is 12.3. The second-order valence-corrected chi connectivity index (χ2v) is 7.33. The molecule has 0 saturated carbocycles. The van der Waals surface area contributed by atoms with Gasteiger partial charge in [-0.1, -0.05) is 30.1 Å². The Morgan fingerprint density at radius 3 is 2.58 bits per heavy atom. The third-order valence-corrected chi connectivity index (χ3v) is 5.71. The highest BCUT2D eigenvalue weighted by atomic mass is 35.5. The monoisotopic (exact) mass is 342 g/mol. The number of nitrogens with one attached hydrogen (secondary N) is 1. The first-order valence-corrected chi connectivity index (χ1v) is 9.21. The molecule has 0 radical (unpaired) electrons. The van der Waals surface area contributed by atoms with Gasteiger partial charge in [0.1, 0.15) is 4.90 Å². The quantitative estimate of drug-likeness (QED) is 0.779. The zero-order valence-corrected chi connectivity index (χ0v) is 13.8. The smallest absolute Gasteiger partial charge is 0.242 e. The largest absolute Gasteiger partial charge is 0.396 e. The number of halogens is 2. The molecule has 0 spiro atoms. The number of benzene rings is 1.